The van der Waals surface area contributed by atoms with E-state index < -0.39 is 24.3 Å². The Kier molecular flexibility index (Phi) is 9.94. The number of aliphatic carboxylic acids is 2. The van der Waals surface area contributed by atoms with Crippen LogP contribution in [0.15, 0.2) is 54.9 Å². The fourth-order valence-corrected chi connectivity index (χ4v) is 3.27. The second-order valence-corrected chi connectivity index (χ2v) is 7.53. The van der Waals surface area contributed by atoms with Crippen LogP contribution in [0.5, 0.6) is 0 Å². The van der Waals surface area contributed by atoms with Crippen LogP contribution >= 0.6 is 0 Å². The number of hydrogen-bond acceptors (Lipinski definition) is 8. The number of rotatable bonds is 3. The molecule has 1 fully saturated rings. The number of hydrogen-bond donors (Lipinski definition) is 2. The number of aromatic nitrogens is 2. The third kappa shape index (κ3) is 8.68. The summed E-state index contributed by atoms with van der Waals surface area (Å²) in [5.41, 5.74) is 1.73. The van der Waals surface area contributed by atoms with Gasteiger partial charge in [0.15, 0.2) is 0 Å². The molecule has 1 aliphatic rings. The Morgan fingerprint density at radius 2 is 1.31 bits per heavy atom. The van der Waals surface area contributed by atoms with E-state index >= 15 is 0 Å². The second-order valence-electron chi connectivity index (χ2n) is 7.53. The van der Waals surface area contributed by atoms with Gasteiger partial charge in [-0.1, -0.05) is 6.07 Å². The summed E-state index contributed by atoms with van der Waals surface area (Å²) in [5.74, 6) is -4.53. The van der Waals surface area contributed by atoms with Gasteiger partial charge in [0.25, 0.3) is 5.69 Å². The first-order chi connectivity index (χ1) is 18.1. The Balaban J connectivity index is 0.000000317. The zero-order valence-electron chi connectivity index (χ0n) is 19.6. The number of nitro benzene ring substituents is 1. The summed E-state index contributed by atoms with van der Waals surface area (Å²) in [6, 6.07) is 12.8. The molecule has 1 aliphatic heterocycles. The van der Waals surface area contributed by atoms with Gasteiger partial charge in [-0.05, 0) is 30.3 Å². The summed E-state index contributed by atoms with van der Waals surface area (Å²) < 4.78 is 63.5. The van der Waals surface area contributed by atoms with Gasteiger partial charge in [0, 0.05) is 44.6 Å². The summed E-state index contributed by atoms with van der Waals surface area (Å²) in [6.45, 7) is 3.34. The van der Waals surface area contributed by atoms with Crippen LogP contribution in [-0.2, 0) is 9.59 Å². The van der Waals surface area contributed by atoms with E-state index in [2.05, 4.69) is 19.8 Å². The molecule has 2 aromatic heterocycles. The van der Waals surface area contributed by atoms with Crippen LogP contribution in [-0.4, -0.2) is 75.6 Å². The monoisotopic (exact) mass is 563 g/mol. The number of halogens is 6. The maximum absolute atomic E-state index is 11.3. The Hall–Kier alpha value is -4.70. The fraction of sp³-hybridized carbons (Fsp3) is 0.273. The summed E-state index contributed by atoms with van der Waals surface area (Å²) in [5, 5.41) is 26.1. The molecule has 17 heteroatoms. The zero-order valence-corrected chi connectivity index (χ0v) is 19.6. The molecular weight excluding hydrogens is 544 g/mol. The van der Waals surface area contributed by atoms with Gasteiger partial charge in [0.1, 0.15) is 11.3 Å². The van der Waals surface area contributed by atoms with Crippen LogP contribution < -0.4 is 9.80 Å². The predicted molar refractivity (Wildman–Crippen MR) is 124 cm³/mol. The molecule has 2 N–H and O–H groups in total. The van der Waals surface area contributed by atoms with Gasteiger partial charge in [-0.15, -0.1) is 0 Å². The smallest absolute Gasteiger partial charge is 0.475 e. The number of nitrogens with zero attached hydrogens (tertiary/aromatic N) is 5. The van der Waals surface area contributed by atoms with E-state index in [4.69, 9.17) is 19.8 Å². The van der Waals surface area contributed by atoms with Gasteiger partial charge in [-0.2, -0.15) is 26.3 Å². The van der Waals surface area contributed by atoms with E-state index in [0.29, 0.717) is 10.9 Å². The molecule has 11 nitrogen and oxygen atoms in total. The lowest BCUT2D eigenvalue weighted by Crippen LogP contribution is -2.46. The van der Waals surface area contributed by atoms with Crippen molar-refractivity contribution in [1.82, 2.24) is 9.97 Å². The number of carboxylic acids is 2. The van der Waals surface area contributed by atoms with Crippen molar-refractivity contribution in [1.29, 1.82) is 0 Å². The minimum atomic E-state index is -5.08. The number of fused-ring (bicyclic) bond motifs is 1. The van der Waals surface area contributed by atoms with Crippen molar-refractivity contribution in [2.75, 3.05) is 36.0 Å². The van der Waals surface area contributed by atoms with Crippen molar-refractivity contribution in [2.45, 2.75) is 12.4 Å². The number of pyridine rings is 2. The first-order valence-electron chi connectivity index (χ1n) is 10.7. The average Bonchev–Trinajstić information content (AvgIpc) is 2.88. The quantitative estimate of drug-likeness (QED) is 0.271. The third-order valence-corrected chi connectivity index (χ3v) is 5.00. The molecule has 0 radical (unpaired) electrons. The Morgan fingerprint density at radius 3 is 1.77 bits per heavy atom. The lowest BCUT2D eigenvalue weighted by atomic mass is 10.1. The van der Waals surface area contributed by atoms with Crippen LogP contribution in [0.4, 0.5) is 43.5 Å². The van der Waals surface area contributed by atoms with Gasteiger partial charge in [0.2, 0.25) is 0 Å². The van der Waals surface area contributed by atoms with E-state index in [1.165, 1.54) is 0 Å². The molecule has 3 heterocycles. The average molecular weight is 563 g/mol. The fourth-order valence-electron chi connectivity index (χ4n) is 3.27. The molecule has 1 saturated heterocycles. The van der Waals surface area contributed by atoms with E-state index in [0.717, 1.165) is 37.7 Å². The highest BCUT2D eigenvalue weighted by Gasteiger charge is 2.38. The van der Waals surface area contributed by atoms with Crippen LogP contribution in [0.1, 0.15) is 0 Å². The summed E-state index contributed by atoms with van der Waals surface area (Å²) in [6.07, 6.45) is -6.69. The van der Waals surface area contributed by atoms with Crippen molar-refractivity contribution in [3.63, 3.8) is 0 Å². The number of nitro groups is 1. The lowest BCUT2D eigenvalue weighted by molar-refractivity contribution is -0.383. The lowest BCUT2D eigenvalue weighted by Gasteiger charge is -2.36. The maximum atomic E-state index is 11.3. The van der Waals surface area contributed by atoms with E-state index in [1.54, 1.807) is 30.6 Å². The molecule has 0 spiro atoms. The van der Waals surface area contributed by atoms with Crippen molar-refractivity contribution in [2.24, 2.45) is 0 Å². The minimum Gasteiger partial charge on any atom is -0.475 e. The molecule has 39 heavy (non-hydrogen) atoms. The molecule has 3 aromatic rings. The number of anilines is 2. The standard InChI is InChI=1S/C18H17N5O2.2C2HF3O2/c24-23(25)15-6-7-16(18-14(15)4-3-9-20-18)21-10-12-22(13-11-21)17-5-1-2-8-19-17;2*3-2(4,5)1(6)7/h1-9H,10-13H2;2*(H,6,7). The summed E-state index contributed by atoms with van der Waals surface area (Å²) >= 11 is 0. The number of carbonyl (C=O) groups is 2. The first-order valence-corrected chi connectivity index (χ1v) is 10.7. The van der Waals surface area contributed by atoms with E-state index in [-0.39, 0.29) is 10.6 Å². The van der Waals surface area contributed by atoms with Crippen LogP contribution in [0.3, 0.4) is 0 Å². The number of non-ortho nitro benzene ring substituents is 1. The zero-order chi connectivity index (χ0) is 29.4. The number of carboxylic acid groups (broad SMARTS) is 2. The predicted octanol–water partition coefficient (Wildman–Crippen LogP) is 4.13. The number of piperazine rings is 1. The number of alkyl halides is 6. The molecule has 0 amide bonds. The van der Waals surface area contributed by atoms with Crippen molar-refractivity contribution >= 4 is 40.0 Å². The molecule has 1 aromatic carbocycles. The van der Waals surface area contributed by atoms with E-state index in [1.807, 2.05) is 24.3 Å². The third-order valence-electron chi connectivity index (χ3n) is 5.00. The van der Waals surface area contributed by atoms with Gasteiger partial charge >= 0.3 is 24.3 Å². The topological polar surface area (TPSA) is 150 Å². The number of benzene rings is 1. The molecule has 210 valence electrons. The molecule has 0 aliphatic carbocycles. The highest BCUT2D eigenvalue weighted by Crippen LogP contribution is 2.32. The minimum absolute atomic E-state index is 0.0963. The summed E-state index contributed by atoms with van der Waals surface area (Å²) in [4.78, 5) is 42.0. The van der Waals surface area contributed by atoms with E-state index in [9.17, 15) is 36.5 Å². The molecule has 0 unspecified atom stereocenters. The first kappa shape index (κ1) is 30.5. The summed E-state index contributed by atoms with van der Waals surface area (Å²) in [7, 11) is 0. The maximum Gasteiger partial charge on any atom is 0.490 e. The van der Waals surface area contributed by atoms with Gasteiger partial charge in [-0.3, -0.25) is 15.1 Å². The Labute approximate surface area is 215 Å². The van der Waals surface area contributed by atoms with Gasteiger partial charge in [0.05, 0.1) is 16.0 Å². The largest absolute Gasteiger partial charge is 0.490 e. The highest BCUT2D eigenvalue weighted by molar-refractivity contribution is 5.97. The normalized spacial score (nSPS) is 13.5. The van der Waals surface area contributed by atoms with Crippen LogP contribution in [0.25, 0.3) is 10.9 Å². The van der Waals surface area contributed by atoms with Crippen molar-refractivity contribution in [3.8, 4) is 0 Å². The van der Waals surface area contributed by atoms with Crippen molar-refractivity contribution in [3.05, 3.63) is 65.0 Å². The highest BCUT2D eigenvalue weighted by atomic mass is 19.4. The van der Waals surface area contributed by atoms with Crippen molar-refractivity contribution < 1.29 is 51.1 Å². The molecule has 0 saturated carbocycles. The molecule has 4 rings (SSSR count). The Morgan fingerprint density at radius 1 is 0.795 bits per heavy atom. The van der Waals surface area contributed by atoms with Crippen LogP contribution in [0, 0.1) is 10.1 Å². The molecule has 0 bridgehead atoms. The second kappa shape index (κ2) is 12.7. The Bertz CT molecular complexity index is 1270. The van der Waals surface area contributed by atoms with Crippen LogP contribution in [0.2, 0.25) is 0 Å². The SMILES string of the molecule is O=C(O)C(F)(F)F.O=C(O)C(F)(F)F.O=[N+]([O-])c1ccc(N2CCN(c3ccccn3)CC2)c2ncccc12. The molecular formula is C22H19F6N5O6. The van der Waals surface area contributed by atoms with Gasteiger partial charge < -0.3 is 20.0 Å². The van der Waals surface area contributed by atoms with Gasteiger partial charge in [-0.25, -0.2) is 14.6 Å². The molecule has 0 atom stereocenters.